The molecule has 0 bridgehead atoms. The van der Waals surface area contributed by atoms with Crippen LogP contribution in [-0.2, 0) is 11.2 Å². The second kappa shape index (κ2) is 5.15. The van der Waals surface area contributed by atoms with Crippen molar-refractivity contribution in [3.63, 3.8) is 0 Å². The average molecular weight is 299 g/mol. The fourth-order valence-electron chi connectivity index (χ4n) is 3.11. The van der Waals surface area contributed by atoms with Gasteiger partial charge in [0.2, 0.25) is 5.91 Å². The van der Waals surface area contributed by atoms with Crippen LogP contribution in [0.4, 0.5) is 10.8 Å². The van der Waals surface area contributed by atoms with E-state index in [1.165, 1.54) is 25.7 Å². The first kappa shape index (κ1) is 12.8. The van der Waals surface area contributed by atoms with Gasteiger partial charge in [0.25, 0.3) is 0 Å². The largest absolute Gasteiger partial charge is 0.359 e. The third kappa shape index (κ3) is 2.53. The molecule has 1 amide bonds. The lowest BCUT2D eigenvalue weighted by Gasteiger charge is -2.09. The van der Waals surface area contributed by atoms with Crippen molar-refractivity contribution < 1.29 is 4.79 Å². The van der Waals surface area contributed by atoms with Crippen LogP contribution in [0.5, 0.6) is 0 Å². The van der Waals surface area contributed by atoms with E-state index in [1.807, 2.05) is 12.1 Å². The Morgan fingerprint density at radius 1 is 1.29 bits per heavy atom. The Labute approximate surface area is 127 Å². The summed E-state index contributed by atoms with van der Waals surface area (Å²) < 4.78 is 0. The maximum atomic E-state index is 11.4. The van der Waals surface area contributed by atoms with Crippen molar-refractivity contribution >= 4 is 28.1 Å². The van der Waals surface area contributed by atoms with Gasteiger partial charge in [-0.2, -0.15) is 0 Å². The number of rotatable bonds is 3. The molecular weight excluding hydrogens is 282 g/mol. The molecule has 21 heavy (non-hydrogen) atoms. The number of amides is 1. The summed E-state index contributed by atoms with van der Waals surface area (Å²) in [6, 6.07) is 6.66. The van der Waals surface area contributed by atoms with Crippen LogP contribution in [0.1, 0.15) is 31.2 Å². The number of fused-ring (bicyclic) bond motifs is 1. The van der Waals surface area contributed by atoms with Gasteiger partial charge in [0, 0.05) is 22.7 Å². The molecule has 4 rings (SSSR count). The second-order valence-corrected chi connectivity index (χ2v) is 6.62. The zero-order valence-electron chi connectivity index (χ0n) is 11.7. The molecule has 1 aromatic heterocycles. The first-order valence-corrected chi connectivity index (χ1v) is 8.31. The van der Waals surface area contributed by atoms with Crippen LogP contribution in [0.3, 0.4) is 0 Å². The van der Waals surface area contributed by atoms with Gasteiger partial charge in [-0.25, -0.2) is 4.98 Å². The monoisotopic (exact) mass is 299 g/mol. The highest BCUT2D eigenvalue weighted by molar-refractivity contribution is 7.14. The number of benzene rings is 1. The van der Waals surface area contributed by atoms with E-state index in [2.05, 4.69) is 22.1 Å². The molecule has 108 valence electrons. The molecule has 2 aliphatic rings. The molecular formula is C16H17N3OS. The minimum atomic E-state index is 0.0732. The van der Waals surface area contributed by atoms with E-state index in [4.69, 9.17) is 4.98 Å². The van der Waals surface area contributed by atoms with Gasteiger partial charge in [-0.15, -0.1) is 11.3 Å². The van der Waals surface area contributed by atoms with E-state index in [-0.39, 0.29) is 5.91 Å². The Hall–Kier alpha value is -1.88. The second-order valence-electron chi connectivity index (χ2n) is 5.76. The SMILES string of the molecule is O=C1Cc2cc(-c3csc(NC4CCCC4)n3)ccc2N1. The number of carbonyl (C=O) groups excluding carboxylic acids is 1. The molecule has 0 radical (unpaired) electrons. The lowest BCUT2D eigenvalue weighted by atomic mass is 10.1. The van der Waals surface area contributed by atoms with Crippen LogP contribution in [-0.4, -0.2) is 16.9 Å². The van der Waals surface area contributed by atoms with Gasteiger partial charge >= 0.3 is 0 Å². The summed E-state index contributed by atoms with van der Waals surface area (Å²) in [6.07, 6.45) is 5.62. The summed E-state index contributed by atoms with van der Waals surface area (Å²) in [5, 5.41) is 9.48. The number of anilines is 2. The van der Waals surface area contributed by atoms with Gasteiger partial charge in [-0.3, -0.25) is 4.79 Å². The first-order valence-electron chi connectivity index (χ1n) is 7.43. The third-order valence-electron chi connectivity index (χ3n) is 4.21. The van der Waals surface area contributed by atoms with Crippen molar-refractivity contribution in [3.8, 4) is 11.3 Å². The quantitative estimate of drug-likeness (QED) is 0.909. The van der Waals surface area contributed by atoms with Crippen LogP contribution >= 0.6 is 11.3 Å². The van der Waals surface area contributed by atoms with E-state index in [1.54, 1.807) is 11.3 Å². The predicted molar refractivity (Wildman–Crippen MR) is 85.8 cm³/mol. The normalized spacial score (nSPS) is 17.8. The highest BCUT2D eigenvalue weighted by atomic mass is 32.1. The summed E-state index contributed by atoms with van der Waals surface area (Å²) in [7, 11) is 0. The molecule has 0 spiro atoms. The van der Waals surface area contributed by atoms with Crippen LogP contribution in [0.15, 0.2) is 23.6 Å². The molecule has 1 aliphatic heterocycles. The van der Waals surface area contributed by atoms with Crippen molar-refractivity contribution in [1.29, 1.82) is 0 Å². The van der Waals surface area contributed by atoms with Crippen molar-refractivity contribution in [2.24, 2.45) is 0 Å². The van der Waals surface area contributed by atoms with Gasteiger partial charge in [-0.05, 0) is 30.5 Å². The van der Waals surface area contributed by atoms with E-state index in [9.17, 15) is 4.79 Å². The number of thiazole rings is 1. The molecule has 1 saturated carbocycles. The topological polar surface area (TPSA) is 54.0 Å². The summed E-state index contributed by atoms with van der Waals surface area (Å²) in [5.74, 6) is 0.0732. The van der Waals surface area contributed by atoms with Crippen LogP contribution in [0.2, 0.25) is 0 Å². The molecule has 1 fully saturated rings. The van der Waals surface area contributed by atoms with Crippen molar-refractivity contribution in [1.82, 2.24) is 4.98 Å². The standard InChI is InChI=1S/C16H17N3OS/c20-15-8-11-7-10(5-6-13(11)18-15)14-9-21-16(19-14)17-12-3-1-2-4-12/h5-7,9,12H,1-4,8H2,(H,17,19)(H,18,20). The van der Waals surface area contributed by atoms with Crippen LogP contribution in [0.25, 0.3) is 11.3 Å². The Balaban J connectivity index is 1.55. The van der Waals surface area contributed by atoms with E-state index in [0.29, 0.717) is 12.5 Å². The van der Waals surface area contributed by atoms with Gasteiger partial charge in [-0.1, -0.05) is 18.9 Å². The molecule has 0 unspecified atom stereocenters. The number of hydrogen-bond donors (Lipinski definition) is 2. The van der Waals surface area contributed by atoms with Crippen molar-refractivity contribution in [2.75, 3.05) is 10.6 Å². The smallest absolute Gasteiger partial charge is 0.228 e. The number of hydrogen-bond acceptors (Lipinski definition) is 4. The molecule has 0 atom stereocenters. The zero-order valence-corrected chi connectivity index (χ0v) is 12.5. The Morgan fingerprint density at radius 3 is 3.00 bits per heavy atom. The molecule has 5 heteroatoms. The molecule has 2 heterocycles. The average Bonchev–Trinajstić information content (AvgIpc) is 3.18. The highest BCUT2D eigenvalue weighted by Gasteiger charge is 2.19. The molecule has 0 saturated heterocycles. The molecule has 2 aromatic rings. The Kier molecular flexibility index (Phi) is 3.15. The maximum absolute atomic E-state index is 11.4. The highest BCUT2D eigenvalue weighted by Crippen LogP contribution is 2.32. The lowest BCUT2D eigenvalue weighted by molar-refractivity contribution is -0.115. The molecule has 1 aliphatic carbocycles. The molecule has 2 N–H and O–H groups in total. The van der Waals surface area contributed by atoms with Gasteiger partial charge in [0.05, 0.1) is 12.1 Å². The number of carbonyl (C=O) groups is 1. The van der Waals surface area contributed by atoms with E-state index in [0.717, 1.165) is 27.6 Å². The summed E-state index contributed by atoms with van der Waals surface area (Å²) in [4.78, 5) is 16.1. The number of aromatic nitrogens is 1. The summed E-state index contributed by atoms with van der Waals surface area (Å²) >= 11 is 1.66. The zero-order chi connectivity index (χ0) is 14.2. The Morgan fingerprint density at radius 2 is 2.14 bits per heavy atom. The minimum absolute atomic E-state index is 0.0732. The summed E-state index contributed by atoms with van der Waals surface area (Å²) in [6.45, 7) is 0. The van der Waals surface area contributed by atoms with Gasteiger partial charge in [0.1, 0.15) is 0 Å². The minimum Gasteiger partial charge on any atom is -0.359 e. The van der Waals surface area contributed by atoms with E-state index < -0.39 is 0 Å². The molecule has 1 aromatic carbocycles. The fourth-order valence-corrected chi connectivity index (χ4v) is 3.90. The third-order valence-corrected chi connectivity index (χ3v) is 4.99. The number of nitrogens with zero attached hydrogens (tertiary/aromatic N) is 1. The van der Waals surface area contributed by atoms with Gasteiger partial charge < -0.3 is 10.6 Å². The van der Waals surface area contributed by atoms with Crippen LogP contribution in [0, 0.1) is 0 Å². The maximum Gasteiger partial charge on any atom is 0.228 e. The fraction of sp³-hybridized carbons (Fsp3) is 0.375. The lowest BCUT2D eigenvalue weighted by Crippen LogP contribution is -2.13. The van der Waals surface area contributed by atoms with Crippen molar-refractivity contribution in [2.45, 2.75) is 38.1 Å². The first-order chi connectivity index (χ1) is 10.3. The summed E-state index contributed by atoms with van der Waals surface area (Å²) in [5.41, 5.74) is 4.07. The van der Waals surface area contributed by atoms with E-state index >= 15 is 0 Å². The molecule has 4 nitrogen and oxygen atoms in total. The number of nitrogens with one attached hydrogen (secondary N) is 2. The van der Waals surface area contributed by atoms with Crippen molar-refractivity contribution in [3.05, 3.63) is 29.1 Å². The predicted octanol–water partition coefficient (Wildman–Crippen LogP) is 3.66. The Bertz CT molecular complexity index is 689. The van der Waals surface area contributed by atoms with Crippen LogP contribution < -0.4 is 10.6 Å². The van der Waals surface area contributed by atoms with Gasteiger partial charge in [0.15, 0.2) is 5.13 Å².